The van der Waals surface area contributed by atoms with Crippen molar-refractivity contribution in [3.8, 4) is 5.75 Å². The first-order valence-corrected chi connectivity index (χ1v) is 10.9. The minimum Gasteiger partial charge on any atom is -0.435 e. The molecule has 176 valence electrons. The van der Waals surface area contributed by atoms with Crippen molar-refractivity contribution in [3.63, 3.8) is 0 Å². The molecule has 2 fully saturated rings. The van der Waals surface area contributed by atoms with Crippen LogP contribution in [0.2, 0.25) is 0 Å². The van der Waals surface area contributed by atoms with Crippen LogP contribution in [-0.2, 0) is 4.74 Å². The molecule has 2 saturated heterocycles. The highest BCUT2D eigenvalue weighted by atomic mass is 19.3. The van der Waals surface area contributed by atoms with Crippen molar-refractivity contribution in [2.75, 3.05) is 44.2 Å². The molecule has 0 aliphatic carbocycles. The van der Waals surface area contributed by atoms with Gasteiger partial charge in [0.1, 0.15) is 11.6 Å². The van der Waals surface area contributed by atoms with Gasteiger partial charge < -0.3 is 24.6 Å². The van der Waals surface area contributed by atoms with Gasteiger partial charge >= 0.3 is 6.61 Å². The van der Waals surface area contributed by atoms with E-state index >= 15 is 0 Å². The summed E-state index contributed by atoms with van der Waals surface area (Å²) in [5.74, 6) is 0.210. The fourth-order valence-corrected chi connectivity index (χ4v) is 4.02. The van der Waals surface area contributed by atoms with E-state index in [0.29, 0.717) is 49.7 Å². The topological polar surface area (TPSA) is 84.0 Å². The molecule has 0 spiro atoms. The summed E-state index contributed by atoms with van der Waals surface area (Å²) in [7, 11) is 0. The van der Waals surface area contributed by atoms with Crippen molar-refractivity contribution in [2.45, 2.75) is 25.6 Å². The fourth-order valence-electron chi connectivity index (χ4n) is 4.02. The van der Waals surface area contributed by atoms with Crippen molar-refractivity contribution in [2.24, 2.45) is 0 Å². The van der Waals surface area contributed by atoms with E-state index in [2.05, 4.69) is 15.0 Å². The standard InChI is InChI=1S/C23H26F2N4O4/c24-23(25)33-17-7-5-16(6-8-17)22(31)29-12-10-28(11-13-29)20-19(4-1-9-26-20)21(30)27-15-18-3-2-14-32-18/h1,4-9,18,23H,2-3,10-15H2,(H,27,30). The van der Waals surface area contributed by atoms with E-state index in [1.807, 2.05) is 4.90 Å². The Labute approximate surface area is 190 Å². The molecule has 1 aromatic heterocycles. The van der Waals surface area contributed by atoms with E-state index in [0.717, 1.165) is 19.4 Å². The van der Waals surface area contributed by atoms with Crippen LogP contribution in [0.5, 0.6) is 5.75 Å². The fraction of sp³-hybridized carbons (Fsp3) is 0.435. The van der Waals surface area contributed by atoms with E-state index in [-0.39, 0.29) is 23.7 Å². The maximum Gasteiger partial charge on any atom is 0.387 e. The summed E-state index contributed by atoms with van der Waals surface area (Å²) in [5, 5.41) is 2.93. The number of hydrogen-bond donors (Lipinski definition) is 1. The number of benzene rings is 1. The number of aromatic nitrogens is 1. The SMILES string of the molecule is O=C(NCC1CCCO1)c1cccnc1N1CCN(C(=O)c2ccc(OC(F)F)cc2)CC1. The van der Waals surface area contributed by atoms with Crippen LogP contribution in [0.1, 0.15) is 33.6 Å². The summed E-state index contributed by atoms with van der Waals surface area (Å²) < 4.78 is 34.5. The molecule has 0 radical (unpaired) electrons. The second-order valence-corrected chi connectivity index (χ2v) is 7.90. The first-order chi connectivity index (χ1) is 16.0. The van der Waals surface area contributed by atoms with E-state index in [1.165, 1.54) is 24.3 Å². The molecule has 1 N–H and O–H groups in total. The number of halogens is 2. The molecule has 10 heteroatoms. The number of piperazine rings is 1. The molecule has 8 nitrogen and oxygen atoms in total. The lowest BCUT2D eigenvalue weighted by Gasteiger charge is -2.36. The number of carbonyl (C=O) groups excluding carboxylic acids is 2. The van der Waals surface area contributed by atoms with E-state index in [9.17, 15) is 18.4 Å². The number of nitrogens with zero attached hydrogens (tertiary/aromatic N) is 3. The molecular formula is C23H26F2N4O4. The second-order valence-electron chi connectivity index (χ2n) is 7.90. The van der Waals surface area contributed by atoms with Crippen LogP contribution in [0.15, 0.2) is 42.6 Å². The molecule has 0 saturated carbocycles. The van der Waals surface area contributed by atoms with Crippen LogP contribution in [0.4, 0.5) is 14.6 Å². The number of pyridine rings is 1. The van der Waals surface area contributed by atoms with Gasteiger partial charge in [0.2, 0.25) is 0 Å². The molecule has 3 heterocycles. The van der Waals surface area contributed by atoms with Crippen molar-refractivity contribution in [1.82, 2.24) is 15.2 Å². The van der Waals surface area contributed by atoms with Crippen molar-refractivity contribution >= 4 is 17.6 Å². The largest absolute Gasteiger partial charge is 0.435 e. The Bertz CT molecular complexity index is 959. The highest BCUT2D eigenvalue weighted by Crippen LogP contribution is 2.21. The maximum atomic E-state index is 12.8. The average Bonchev–Trinajstić information content (AvgIpc) is 3.36. The van der Waals surface area contributed by atoms with Gasteiger partial charge in [0.05, 0.1) is 11.7 Å². The van der Waals surface area contributed by atoms with Gasteiger partial charge in [-0.3, -0.25) is 9.59 Å². The molecule has 2 amide bonds. The molecular weight excluding hydrogens is 434 g/mol. The van der Waals surface area contributed by atoms with Gasteiger partial charge in [-0.2, -0.15) is 8.78 Å². The first kappa shape index (κ1) is 22.9. The summed E-state index contributed by atoms with van der Waals surface area (Å²) in [4.78, 5) is 33.7. The van der Waals surface area contributed by atoms with Gasteiger partial charge in [-0.05, 0) is 49.2 Å². The van der Waals surface area contributed by atoms with E-state index < -0.39 is 6.61 Å². The van der Waals surface area contributed by atoms with Crippen molar-refractivity contribution in [1.29, 1.82) is 0 Å². The van der Waals surface area contributed by atoms with E-state index in [1.54, 1.807) is 23.2 Å². The highest BCUT2D eigenvalue weighted by molar-refractivity contribution is 5.99. The van der Waals surface area contributed by atoms with Crippen LogP contribution in [0.25, 0.3) is 0 Å². The maximum absolute atomic E-state index is 12.8. The number of amides is 2. The first-order valence-electron chi connectivity index (χ1n) is 10.9. The number of alkyl halides is 2. The molecule has 2 aromatic rings. The molecule has 2 aliphatic rings. The van der Waals surface area contributed by atoms with Crippen LogP contribution in [-0.4, -0.2) is 73.7 Å². The zero-order chi connectivity index (χ0) is 23.2. The van der Waals surface area contributed by atoms with Crippen molar-refractivity contribution in [3.05, 3.63) is 53.7 Å². The van der Waals surface area contributed by atoms with Gasteiger partial charge in [-0.1, -0.05) is 0 Å². The smallest absolute Gasteiger partial charge is 0.387 e. The quantitative estimate of drug-likeness (QED) is 0.684. The predicted octanol–water partition coefficient (Wildman–Crippen LogP) is 2.55. The number of rotatable bonds is 7. The minimum atomic E-state index is -2.91. The minimum absolute atomic E-state index is 0.00632. The van der Waals surface area contributed by atoms with Gasteiger partial charge in [-0.25, -0.2) is 4.98 Å². The highest BCUT2D eigenvalue weighted by Gasteiger charge is 2.26. The Kier molecular flexibility index (Phi) is 7.33. The Morgan fingerprint density at radius 1 is 1.15 bits per heavy atom. The molecule has 2 aliphatic heterocycles. The summed E-state index contributed by atoms with van der Waals surface area (Å²) in [6.07, 6.45) is 3.65. The van der Waals surface area contributed by atoms with E-state index in [4.69, 9.17) is 4.74 Å². The Morgan fingerprint density at radius 2 is 1.91 bits per heavy atom. The summed E-state index contributed by atoms with van der Waals surface area (Å²) in [5.41, 5.74) is 0.891. The monoisotopic (exact) mass is 460 g/mol. The predicted molar refractivity (Wildman–Crippen MR) is 117 cm³/mol. The molecule has 4 rings (SSSR count). The third-order valence-corrected chi connectivity index (χ3v) is 5.74. The molecule has 0 bridgehead atoms. The molecule has 1 atom stereocenters. The normalized spacial score (nSPS) is 18.5. The van der Waals surface area contributed by atoms with Crippen LogP contribution >= 0.6 is 0 Å². The third-order valence-electron chi connectivity index (χ3n) is 5.74. The number of carbonyl (C=O) groups is 2. The number of nitrogens with one attached hydrogen (secondary N) is 1. The molecule has 33 heavy (non-hydrogen) atoms. The number of hydrogen-bond acceptors (Lipinski definition) is 6. The van der Waals surface area contributed by atoms with Crippen molar-refractivity contribution < 1.29 is 27.8 Å². The van der Waals surface area contributed by atoms with Crippen LogP contribution in [0, 0.1) is 0 Å². The van der Waals surface area contributed by atoms with Gasteiger partial charge in [0.25, 0.3) is 11.8 Å². The lowest BCUT2D eigenvalue weighted by Crippen LogP contribution is -2.49. The van der Waals surface area contributed by atoms with Gasteiger partial charge in [-0.15, -0.1) is 0 Å². The van der Waals surface area contributed by atoms with Gasteiger partial charge in [0.15, 0.2) is 0 Å². The number of ether oxygens (including phenoxy) is 2. The Hall–Kier alpha value is -3.27. The lowest BCUT2D eigenvalue weighted by atomic mass is 10.1. The number of anilines is 1. The molecule has 1 aromatic carbocycles. The Morgan fingerprint density at radius 3 is 2.58 bits per heavy atom. The second kappa shape index (κ2) is 10.6. The summed E-state index contributed by atoms with van der Waals surface area (Å²) >= 11 is 0. The zero-order valence-electron chi connectivity index (χ0n) is 18.1. The third kappa shape index (κ3) is 5.75. The zero-order valence-corrected chi connectivity index (χ0v) is 18.1. The average molecular weight is 460 g/mol. The van der Waals surface area contributed by atoms with Gasteiger partial charge in [0, 0.05) is 51.1 Å². The van der Waals surface area contributed by atoms with Crippen LogP contribution < -0.4 is 15.0 Å². The Balaban J connectivity index is 1.35. The summed E-state index contributed by atoms with van der Waals surface area (Å²) in [6.45, 7) is 0.215. The lowest BCUT2D eigenvalue weighted by molar-refractivity contribution is -0.0498. The van der Waals surface area contributed by atoms with Crippen LogP contribution in [0.3, 0.4) is 0 Å². The molecule has 1 unspecified atom stereocenters. The summed E-state index contributed by atoms with van der Waals surface area (Å²) in [6, 6.07) is 9.12.